The van der Waals surface area contributed by atoms with Gasteiger partial charge in [0.2, 0.25) is 0 Å². The molecule has 15 heavy (non-hydrogen) atoms. The minimum absolute atomic E-state index is 0. The lowest BCUT2D eigenvalue weighted by atomic mass is 10.0. The molecule has 0 aromatic heterocycles. The summed E-state index contributed by atoms with van der Waals surface area (Å²) in [6.45, 7) is 0. The van der Waals surface area contributed by atoms with Gasteiger partial charge in [-0.2, -0.15) is 0 Å². The summed E-state index contributed by atoms with van der Waals surface area (Å²) in [6, 6.07) is 4.53. The quantitative estimate of drug-likeness (QED) is 0.868. The van der Waals surface area contributed by atoms with Gasteiger partial charge in [-0.25, -0.2) is 4.39 Å². The third-order valence-corrected chi connectivity index (χ3v) is 2.68. The molecular weight excluding hydrogens is 217 g/mol. The highest BCUT2D eigenvalue weighted by Crippen LogP contribution is 2.42. The molecule has 0 aliphatic heterocycles. The van der Waals surface area contributed by atoms with E-state index in [2.05, 4.69) is 0 Å². The first-order valence-electron chi connectivity index (χ1n) is 4.81. The van der Waals surface area contributed by atoms with Gasteiger partial charge in [0.1, 0.15) is 11.6 Å². The molecule has 0 amide bonds. The van der Waals surface area contributed by atoms with Crippen LogP contribution in [0.25, 0.3) is 0 Å². The summed E-state index contributed by atoms with van der Waals surface area (Å²) in [4.78, 5) is 0. The van der Waals surface area contributed by atoms with E-state index in [9.17, 15) is 4.39 Å². The number of halogens is 2. The molecule has 1 saturated carbocycles. The Morgan fingerprint density at radius 1 is 1.47 bits per heavy atom. The normalized spacial score (nSPS) is 16.7. The second kappa shape index (κ2) is 4.81. The Morgan fingerprint density at radius 3 is 2.67 bits per heavy atom. The molecule has 0 unspecified atom stereocenters. The summed E-state index contributed by atoms with van der Waals surface area (Å²) in [5, 5.41) is 0. The third kappa shape index (κ3) is 2.61. The molecule has 84 valence electrons. The predicted octanol–water partition coefficient (Wildman–Crippen LogP) is 2.67. The number of nitrogens with two attached hydrogens (primary N) is 1. The highest BCUT2D eigenvalue weighted by Gasteiger charge is 2.31. The highest BCUT2D eigenvalue weighted by molar-refractivity contribution is 5.85. The monoisotopic (exact) mass is 231 g/mol. The van der Waals surface area contributed by atoms with Crippen molar-refractivity contribution in [1.82, 2.24) is 0 Å². The molecule has 2 rings (SSSR count). The molecule has 2 N–H and O–H groups in total. The number of methoxy groups -OCH3 is 1. The zero-order valence-corrected chi connectivity index (χ0v) is 9.39. The molecule has 0 bridgehead atoms. The van der Waals surface area contributed by atoms with Gasteiger partial charge in [-0.15, -0.1) is 12.4 Å². The molecule has 1 aliphatic rings. The van der Waals surface area contributed by atoms with Gasteiger partial charge in [-0.3, -0.25) is 0 Å². The van der Waals surface area contributed by atoms with Crippen LogP contribution in [0, 0.1) is 11.7 Å². The van der Waals surface area contributed by atoms with Crippen molar-refractivity contribution < 1.29 is 9.13 Å². The molecular formula is C11H15ClFNO. The van der Waals surface area contributed by atoms with Crippen molar-refractivity contribution >= 4 is 12.4 Å². The van der Waals surface area contributed by atoms with Gasteiger partial charge in [-0.1, -0.05) is 6.07 Å². The van der Waals surface area contributed by atoms with Crippen LogP contribution in [0.2, 0.25) is 0 Å². The molecule has 0 radical (unpaired) electrons. The molecule has 0 spiro atoms. The third-order valence-electron chi connectivity index (χ3n) is 2.68. The number of rotatable bonds is 3. The average molecular weight is 232 g/mol. The number of ether oxygens (including phenoxy) is 1. The summed E-state index contributed by atoms with van der Waals surface area (Å²) in [5.74, 6) is 0.826. The van der Waals surface area contributed by atoms with Crippen LogP contribution in [-0.4, -0.2) is 7.11 Å². The Bertz CT molecular complexity index is 341. The molecule has 1 atom stereocenters. The molecule has 1 aromatic rings. The Hall–Kier alpha value is -0.800. The molecule has 0 saturated heterocycles. The smallest absolute Gasteiger partial charge is 0.126 e. The summed E-state index contributed by atoms with van der Waals surface area (Å²) in [6.07, 6.45) is 2.34. The molecule has 1 aromatic carbocycles. The van der Waals surface area contributed by atoms with Crippen LogP contribution in [0.5, 0.6) is 5.75 Å². The number of hydrogen-bond acceptors (Lipinski definition) is 2. The minimum atomic E-state index is -0.284. The van der Waals surface area contributed by atoms with Gasteiger partial charge in [0, 0.05) is 17.7 Å². The molecule has 4 heteroatoms. The lowest BCUT2D eigenvalue weighted by Gasteiger charge is -2.14. The van der Waals surface area contributed by atoms with Crippen molar-refractivity contribution in [2.24, 2.45) is 11.7 Å². The zero-order valence-electron chi connectivity index (χ0n) is 8.57. The predicted molar refractivity (Wildman–Crippen MR) is 59.9 cm³/mol. The van der Waals surface area contributed by atoms with Gasteiger partial charge in [0.15, 0.2) is 0 Å². The molecule has 1 fully saturated rings. The van der Waals surface area contributed by atoms with Crippen LogP contribution in [-0.2, 0) is 0 Å². The van der Waals surface area contributed by atoms with E-state index in [-0.39, 0.29) is 24.3 Å². The van der Waals surface area contributed by atoms with Crippen LogP contribution in [0.4, 0.5) is 4.39 Å². The van der Waals surface area contributed by atoms with Gasteiger partial charge >= 0.3 is 0 Å². The minimum Gasteiger partial charge on any atom is -0.496 e. The second-order valence-electron chi connectivity index (χ2n) is 3.75. The zero-order chi connectivity index (χ0) is 10.1. The van der Waals surface area contributed by atoms with E-state index in [1.54, 1.807) is 6.07 Å². The Kier molecular flexibility index (Phi) is 3.94. The topological polar surface area (TPSA) is 35.2 Å². The highest BCUT2D eigenvalue weighted by atomic mass is 35.5. The van der Waals surface area contributed by atoms with Crippen molar-refractivity contribution in [2.45, 2.75) is 18.9 Å². The van der Waals surface area contributed by atoms with Crippen LogP contribution in [0.3, 0.4) is 0 Å². The number of benzene rings is 1. The van der Waals surface area contributed by atoms with Crippen molar-refractivity contribution in [3.05, 3.63) is 29.6 Å². The van der Waals surface area contributed by atoms with Crippen molar-refractivity contribution in [3.8, 4) is 5.75 Å². The summed E-state index contributed by atoms with van der Waals surface area (Å²) >= 11 is 0. The fraction of sp³-hybridized carbons (Fsp3) is 0.455. The number of hydrogen-bond donors (Lipinski definition) is 1. The van der Waals surface area contributed by atoms with Crippen LogP contribution in [0.1, 0.15) is 24.4 Å². The Labute approximate surface area is 95.0 Å². The molecule has 2 nitrogen and oxygen atoms in total. The van der Waals surface area contributed by atoms with E-state index in [0.29, 0.717) is 11.7 Å². The van der Waals surface area contributed by atoms with E-state index in [0.717, 1.165) is 5.56 Å². The SMILES string of the molecule is COc1cc(F)ccc1[C@H](N)C1CC1.Cl. The van der Waals surface area contributed by atoms with E-state index >= 15 is 0 Å². The largest absolute Gasteiger partial charge is 0.496 e. The Morgan fingerprint density at radius 2 is 2.13 bits per heavy atom. The van der Waals surface area contributed by atoms with E-state index < -0.39 is 0 Å². The van der Waals surface area contributed by atoms with Crippen LogP contribution in [0.15, 0.2) is 18.2 Å². The summed E-state index contributed by atoms with van der Waals surface area (Å²) < 4.78 is 18.0. The fourth-order valence-corrected chi connectivity index (χ4v) is 1.67. The van der Waals surface area contributed by atoms with E-state index in [1.165, 1.54) is 32.1 Å². The maximum Gasteiger partial charge on any atom is 0.126 e. The first-order valence-corrected chi connectivity index (χ1v) is 4.81. The fourth-order valence-electron chi connectivity index (χ4n) is 1.67. The van der Waals surface area contributed by atoms with Gasteiger partial charge in [0.05, 0.1) is 7.11 Å². The average Bonchev–Trinajstić information content (AvgIpc) is 3.00. The molecule has 0 heterocycles. The Balaban J connectivity index is 0.00000112. The summed E-state index contributed by atoms with van der Waals surface area (Å²) in [5.41, 5.74) is 6.94. The lowest BCUT2D eigenvalue weighted by Crippen LogP contribution is -2.13. The van der Waals surface area contributed by atoms with Crippen molar-refractivity contribution in [2.75, 3.05) is 7.11 Å². The maximum absolute atomic E-state index is 12.9. The standard InChI is InChI=1S/C11H14FNO.ClH/c1-14-10-6-8(12)4-5-9(10)11(13)7-2-3-7;/h4-7,11H,2-3,13H2,1H3;1H/t11-;/m1./s1. The lowest BCUT2D eigenvalue weighted by molar-refractivity contribution is 0.399. The van der Waals surface area contributed by atoms with Crippen molar-refractivity contribution in [1.29, 1.82) is 0 Å². The van der Waals surface area contributed by atoms with Crippen LogP contribution >= 0.6 is 12.4 Å². The van der Waals surface area contributed by atoms with Gasteiger partial charge < -0.3 is 10.5 Å². The van der Waals surface area contributed by atoms with Gasteiger partial charge in [0.25, 0.3) is 0 Å². The van der Waals surface area contributed by atoms with E-state index in [4.69, 9.17) is 10.5 Å². The van der Waals surface area contributed by atoms with E-state index in [1.807, 2.05) is 0 Å². The maximum atomic E-state index is 12.9. The first kappa shape index (κ1) is 12.3. The summed E-state index contributed by atoms with van der Waals surface area (Å²) in [7, 11) is 1.54. The second-order valence-corrected chi connectivity index (χ2v) is 3.75. The first-order chi connectivity index (χ1) is 6.72. The van der Waals surface area contributed by atoms with Crippen LogP contribution < -0.4 is 10.5 Å². The molecule has 1 aliphatic carbocycles. The van der Waals surface area contributed by atoms with Gasteiger partial charge in [-0.05, 0) is 24.8 Å². The van der Waals surface area contributed by atoms with Crippen molar-refractivity contribution in [3.63, 3.8) is 0 Å².